The topological polar surface area (TPSA) is 24.9 Å². The van der Waals surface area contributed by atoms with Crippen LogP contribution in [0.2, 0.25) is 0 Å². The van der Waals surface area contributed by atoms with E-state index in [1.807, 2.05) is 12.3 Å². The monoisotopic (exact) mass is 216 g/mol. The molecule has 2 rings (SSSR count). The predicted octanol–water partition coefficient (Wildman–Crippen LogP) is 3.49. The molecule has 0 unspecified atom stereocenters. The van der Waals surface area contributed by atoms with Crippen LogP contribution in [-0.4, -0.2) is 11.5 Å². The van der Waals surface area contributed by atoms with Gasteiger partial charge < -0.3 is 5.32 Å². The summed E-state index contributed by atoms with van der Waals surface area (Å²) in [5.41, 5.74) is 2.66. The first-order valence-corrected chi connectivity index (χ1v) is 6.08. The maximum Gasteiger partial charge on any atom is 0.0526 e. The van der Waals surface area contributed by atoms with Crippen LogP contribution in [0.25, 0.3) is 0 Å². The number of allylic oxidation sites excluding steroid dienone is 1. The smallest absolute Gasteiger partial charge is 0.0526 e. The molecular formula is C14H20N2. The average molecular weight is 216 g/mol. The predicted molar refractivity (Wildman–Crippen MR) is 68.4 cm³/mol. The minimum absolute atomic E-state index is 0.675. The van der Waals surface area contributed by atoms with Crippen molar-refractivity contribution in [2.45, 2.75) is 26.7 Å². The second-order valence-electron chi connectivity index (χ2n) is 4.73. The molecule has 1 aromatic heterocycles. The van der Waals surface area contributed by atoms with Crippen LogP contribution >= 0.6 is 0 Å². The van der Waals surface area contributed by atoms with Crippen molar-refractivity contribution < 1.29 is 0 Å². The molecule has 0 aromatic carbocycles. The van der Waals surface area contributed by atoms with Crippen molar-refractivity contribution in [2.75, 3.05) is 11.9 Å². The van der Waals surface area contributed by atoms with Gasteiger partial charge in [0.05, 0.1) is 5.69 Å². The van der Waals surface area contributed by atoms with E-state index >= 15 is 0 Å². The van der Waals surface area contributed by atoms with Gasteiger partial charge in [0.2, 0.25) is 0 Å². The lowest BCUT2D eigenvalue weighted by Gasteiger charge is -2.29. The van der Waals surface area contributed by atoms with Gasteiger partial charge in [0.15, 0.2) is 0 Å². The molecule has 1 aliphatic rings. The summed E-state index contributed by atoms with van der Waals surface area (Å²) in [6.45, 7) is 5.63. The Labute approximate surface area is 97.8 Å². The van der Waals surface area contributed by atoms with E-state index in [0.29, 0.717) is 5.92 Å². The lowest BCUT2D eigenvalue weighted by molar-refractivity contribution is 0.381. The Morgan fingerprint density at radius 2 is 2.38 bits per heavy atom. The standard InChI is InChI=1S/C14H20N2/c1-11-5-3-6-12(2)14(11)10-16-13-7-4-8-15-9-13/h4-5,7-9,12,14,16H,3,6,10H2,1-2H3/t12-,14-/m1/s1. The highest BCUT2D eigenvalue weighted by molar-refractivity contribution is 5.40. The summed E-state index contributed by atoms with van der Waals surface area (Å²) < 4.78 is 0. The summed E-state index contributed by atoms with van der Waals surface area (Å²) in [5.74, 6) is 1.46. The largest absolute Gasteiger partial charge is 0.383 e. The third-order valence-corrected chi connectivity index (χ3v) is 3.55. The fourth-order valence-electron chi connectivity index (χ4n) is 2.43. The number of pyridine rings is 1. The molecule has 0 aliphatic heterocycles. The van der Waals surface area contributed by atoms with E-state index in [0.717, 1.165) is 18.2 Å². The van der Waals surface area contributed by atoms with Crippen LogP contribution in [0.1, 0.15) is 26.7 Å². The molecular weight excluding hydrogens is 196 g/mol. The van der Waals surface area contributed by atoms with E-state index in [9.17, 15) is 0 Å². The first kappa shape index (κ1) is 11.2. The minimum atomic E-state index is 0.675. The summed E-state index contributed by atoms with van der Waals surface area (Å²) in [5, 5.41) is 3.47. The van der Waals surface area contributed by atoms with E-state index < -0.39 is 0 Å². The maximum atomic E-state index is 4.11. The molecule has 0 fully saturated rings. The van der Waals surface area contributed by atoms with E-state index in [1.54, 1.807) is 6.20 Å². The zero-order valence-corrected chi connectivity index (χ0v) is 10.1. The Hall–Kier alpha value is -1.31. The van der Waals surface area contributed by atoms with Crippen molar-refractivity contribution in [3.63, 3.8) is 0 Å². The molecule has 0 bridgehead atoms. The number of aromatic nitrogens is 1. The normalized spacial score (nSPS) is 25.0. The van der Waals surface area contributed by atoms with Gasteiger partial charge in [-0.1, -0.05) is 18.6 Å². The molecule has 0 spiro atoms. The number of anilines is 1. The second kappa shape index (κ2) is 5.15. The van der Waals surface area contributed by atoms with Crippen LogP contribution in [0, 0.1) is 11.8 Å². The van der Waals surface area contributed by atoms with Crippen molar-refractivity contribution in [3.8, 4) is 0 Å². The molecule has 2 heteroatoms. The van der Waals surface area contributed by atoms with Crippen LogP contribution in [0.15, 0.2) is 36.2 Å². The summed E-state index contributed by atoms with van der Waals surface area (Å²) in [4.78, 5) is 4.11. The van der Waals surface area contributed by atoms with Crippen LogP contribution < -0.4 is 5.32 Å². The van der Waals surface area contributed by atoms with Gasteiger partial charge in [0, 0.05) is 18.9 Å². The van der Waals surface area contributed by atoms with E-state index in [1.165, 1.54) is 18.4 Å². The van der Waals surface area contributed by atoms with Crippen LogP contribution in [0.4, 0.5) is 5.69 Å². The molecule has 16 heavy (non-hydrogen) atoms. The van der Waals surface area contributed by atoms with Gasteiger partial charge >= 0.3 is 0 Å². The van der Waals surface area contributed by atoms with Crippen molar-refractivity contribution in [2.24, 2.45) is 11.8 Å². The lowest BCUT2D eigenvalue weighted by atomic mass is 9.80. The first-order valence-electron chi connectivity index (χ1n) is 6.08. The van der Waals surface area contributed by atoms with Crippen LogP contribution in [0.5, 0.6) is 0 Å². The molecule has 1 aromatic rings. The summed E-state index contributed by atoms with van der Waals surface area (Å²) in [6, 6.07) is 4.04. The molecule has 1 heterocycles. The Balaban J connectivity index is 1.94. The minimum Gasteiger partial charge on any atom is -0.383 e. The Morgan fingerprint density at radius 3 is 3.06 bits per heavy atom. The van der Waals surface area contributed by atoms with E-state index in [2.05, 4.69) is 36.3 Å². The Kier molecular flexibility index (Phi) is 3.60. The number of nitrogens with one attached hydrogen (secondary N) is 1. The summed E-state index contributed by atoms with van der Waals surface area (Å²) >= 11 is 0. The van der Waals surface area contributed by atoms with Crippen LogP contribution in [-0.2, 0) is 0 Å². The first-order chi connectivity index (χ1) is 7.77. The molecule has 0 radical (unpaired) electrons. The van der Waals surface area contributed by atoms with Gasteiger partial charge in [-0.05, 0) is 43.7 Å². The zero-order chi connectivity index (χ0) is 11.4. The molecule has 0 saturated carbocycles. The second-order valence-corrected chi connectivity index (χ2v) is 4.73. The van der Waals surface area contributed by atoms with Crippen molar-refractivity contribution in [1.82, 2.24) is 4.98 Å². The fraction of sp³-hybridized carbons (Fsp3) is 0.500. The van der Waals surface area contributed by atoms with E-state index in [-0.39, 0.29) is 0 Å². The Bertz CT molecular complexity index is 356. The molecule has 86 valence electrons. The number of rotatable bonds is 3. The van der Waals surface area contributed by atoms with Gasteiger partial charge in [0.1, 0.15) is 0 Å². The third kappa shape index (κ3) is 2.63. The van der Waals surface area contributed by atoms with Crippen molar-refractivity contribution in [1.29, 1.82) is 0 Å². The highest BCUT2D eigenvalue weighted by Crippen LogP contribution is 2.30. The number of hydrogen-bond donors (Lipinski definition) is 1. The zero-order valence-electron chi connectivity index (χ0n) is 10.1. The van der Waals surface area contributed by atoms with Gasteiger partial charge in [-0.15, -0.1) is 0 Å². The highest BCUT2D eigenvalue weighted by atomic mass is 14.9. The maximum absolute atomic E-state index is 4.11. The van der Waals surface area contributed by atoms with Gasteiger partial charge in [-0.2, -0.15) is 0 Å². The summed E-state index contributed by atoms with van der Waals surface area (Å²) in [7, 11) is 0. The van der Waals surface area contributed by atoms with Crippen molar-refractivity contribution >= 4 is 5.69 Å². The summed E-state index contributed by atoms with van der Waals surface area (Å²) in [6.07, 6.45) is 8.63. The molecule has 1 N–H and O–H groups in total. The SMILES string of the molecule is CC1=CCC[C@@H](C)[C@@H]1CNc1cccnc1. The molecule has 2 nitrogen and oxygen atoms in total. The molecule has 0 saturated heterocycles. The molecule has 1 aliphatic carbocycles. The number of nitrogens with zero attached hydrogens (tertiary/aromatic N) is 1. The van der Waals surface area contributed by atoms with Crippen molar-refractivity contribution in [3.05, 3.63) is 36.2 Å². The molecule has 0 amide bonds. The van der Waals surface area contributed by atoms with Gasteiger partial charge in [-0.25, -0.2) is 0 Å². The average Bonchev–Trinajstić information content (AvgIpc) is 2.30. The number of hydrogen-bond acceptors (Lipinski definition) is 2. The van der Waals surface area contributed by atoms with Crippen LogP contribution in [0.3, 0.4) is 0 Å². The Morgan fingerprint density at radius 1 is 1.50 bits per heavy atom. The van der Waals surface area contributed by atoms with Gasteiger partial charge in [0.25, 0.3) is 0 Å². The van der Waals surface area contributed by atoms with Gasteiger partial charge in [-0.3, -0.25) is 4.98 Å². The lowest BCUT2D eigenvalue weighted by Crippen LogP contribution is -2.24. The van der Waals surface area contributed by atoms with E-state index in [4.69, 9.17) is 0 Å². The highest BCUT2D eigenvalue weighted by Gasteiger charge is 2.21. The molecule has 2 atom stereocenters. The quantitative estimate of drug-likeness (QED) is 0.782. The third-order valence-electron chi connectivity index (χ3n) is 3.55. The fourth-order valence-corrected chi connectivity index (χ4v) is 2.43.